The molecule has 0 aliphatic carbocycles. The number of likely N-dealkylation sites (tertiary alicyclic amines) is 1. The third kappa shape index (κ3) is 4.07. The zero-order valence-corrected chi connectivity index (χ0v) is 12.3. The van der Waals surface area contributed by atoms with Gasteiger partial charge in [0.2, 0.25) is 5.91 Å². The Morgan fingerprint density at radius 1 is 1.20 bits per heavy atom. The van der Waals surface area contributed by atoms with Crippen LogP contribution in [0.1, 0.15) is 56.3 Å². The predicted octanol–water partition coefficient (Wildman–Crippen LogP) is 3.08. The minimum atomic E-state index is -0.576. The van der Waals surface area contributed by atoms with Crippen molar-refractivity contribution in [2.75, 3.05) is 13.1 Å². The third-order valence-corrected chi connectivity index (χ3v) is 3.97. The first-order valence-corrected chi connectivity index (χ1v) is 7.75. The number of β-amino-alcohol motifs (C(OH)–C–C–N with tert-alkyl or cyclic N) is 1. The molecule has 1 aliphatic heterocycles. The summed E-state index contributed by atoms with van der Waals surface area (Å²) in [6.07, 6.45) is 5.40. The molecule has 1 aromatic rings. The highest BCUT2D eigenvalue weighted by Gasteiger charge is 2.20. The van der Waals surface area contributed by atoms with Crippen molar-refractivity contribution < 1.29 is 9.90 Å². The third-order valence-electron chi connectivity index (χ3n) is 3.97. The summed E-state index contributed by atoms with van der Waals surface area (Å²) in [6, 6.07) is 8.12. The Hall–Kier alpha value is -1.35. The Balaban J connectivity index is 1.96. The van der Waals surface area contributed by atoms with Gasteiger partial charge in [-0.3, -0.25) is 4.79 Å². The summed E-state index contributed by atoms with van der Waals surface area (Å²) >= 11 is 0. The van der Waals surface area contributed by atoms with E-state index in [1.54, 1.807) is 0 Å². The second kappa shape index (κ2) is 7.44. The van der Waals surface area contributed by atoms with Gasteiger partial charge in [-0.2, -0.15) is 0 Å². The molecule has 0 saturated carbocycles. The zero-order valence-electron chi connectivity index (χ0n) is 12.3. The lowest BCUT2D eigenvalue weighted by Crippen LogP contribution is -2.34. The van der Waals surface area contributed by atoms with Crippen molar-refractivity contribution in [2.45, 2.75) is 51.6 Å². The Labute approximate surface area is 121 Å². The van der Waals surface area contributed by atoms with Gasteiger partial charge in [0, 0.05) is 13.0 Å². The molecule has 3 nitrogen and oxygen atoms in total. The van der Waals surface area contributed by atoms with Gasteiger partial charge in [-0.05, 0) is 30.4 Å². The highest BCUT2D eigenvalue weighted by atomic mass is 16.3. The van der Waals surface area contributed by atoms with Gasteiger partial charge in [0.1, 0.15) is 0 Å². The number of hydrogen-bond donors (Lipinski definition) is 1. The minimum absolute atomic E-state index is 0.184. The minimum Gasteiger partial charge on any atom is -0.387 e. The summed E-state index contributed by atoms with van der Waals surface area (Å²) in [4.78, 5) is 13.8. The number of carbonyl (C=O) groups excluding carboxylic acids is 1. The number of hydrogen-bond acceptors (Lipinski definition) is 2. The molecular formula is C17H25NO2. The number of aliphatic hydroxyl groups excluding tert-OH is 1. The van der Waals surface area contributed by atoms with Gasteiger partial charge < -0.3 is 10.0 Å². The first-order chi connectivity index (χ1) is 9.70. The fourth-order valence-corrected chi connectivity index (χ4v) is 2.74. The van der Waals surface area contributed by atoms with Crippen molar-refractivity contribution in [1.29, 1.82) is 0 Å². The lowest BCUT2D eigenvalue weighted by Gasteiger charge is -2.24. The largest absolute Gasteiger partial charge is 0.387 e. The van der Waals surface area contributed by atoms with E-state index in [-0.39, 0.29) is 5.91 Å². The number of amides is 1. The quantitative estimate of drug-likeness (QED) is 0.897. The molecule has 0 spiro atoms. The summed E-state index contributed by atoms with van der Waals surface area (Å²) in [5, 5.41) is 10.3. The van der Waals surface area contributed by atoms with Crippen LogP contribution in [0, 0.1) is 0 Å². The Kier molecular flexibility index (Phi) is 5.60. The second-order valence-electron chi connectivity index (χ2n) is 5.66. The molecule has 3 heteroatoms. The molecule has 0 radical (unpaired) electrons. The van der Waals surface area contributed by atoms with Gasteiger partial charge in [-0.1, -0.05) is 44.0 Å². The van der Waals surface area contributed by atoms with Crippen LogP contribution >= 0.6 is 0 Å². The molecule has 0 aromatic heterocycles. The molecule has 1 atom stereocenters. The molecule has 1 heterocycles. The first-order valence-electron chi connectivity index (χ1n) is 7.75. The number of carbonyl (C=O) groups is 1. The number of benzene rings is 1. The van der Waals surface area contributed by atoms with Crippen LogP contribution < -0.4 is 0 Å². The van der Waals surface area contributed by atoms with E-state index in [0.29, 0.717) is 13.0 Å². The van der Waals surface area contributed by atoms with Crippen LogP contribution in [-0.2, 0) is 11.2 Å². The van der Waals surface area contributed by atoms with E-state index in [1.165, 1.54) is 5.56 Å². The van der Waals surface area contributed by atoms with Crippen molar-refractivity contribution in [1.82, 2.24) is 4.90 Å². The molecule has 0 bridgehead atoms. The highest BCUT2D eigenvalue weighted by Crippen LogP contribution is 2.19. The van der Waals surface area contributed by atoms with E-state index in [0.717, 1.165) is 44.2 Å². The number of rotatable bonds is 5. The van der Waals surface area contributed by atoms with Gasteiger partial charge in [0.05, 0.1) is 12.6 Å². The van der Waals surface area contributed by atoms with Crippen molar-refractivity contribution in [3.63, 3.8) is 0 Å². The molecular weight excluding hydrogens is 250 g/mol. The molecule has 20 heavy (non-hydrogen) atoms. The zero-order chi connectivity index (χ0) is 14.4. The lowest BCUT2D eigenvalue weighted by atomic mass is 10.0. The number of aliphatic hydroxyl groups is 1. The van der Waals surface area contributed by atoms with Crippen LogP contribution in [0.25, 0.3) is 0 Å². The predicted molar refractivity (Wildman–Crippen MR) is 80.4 cm³/mol. The number of aryl methyl sites for hydroxylation is 1. The first kappa shape index (κ1) is 15.0. The summed E-state index contributed by atoms with van der Waals surface area (Å²) in [7, 11) is 0. The molecule has 1 aromatic carbocycles. The van der Waals surface area contributed by atoms with Gasteiger partial charge in [0.25, 0.3) is 0 Å². The monoisotopic (exact) mass is 275 g/mol. The molecule has 1 amide bonds. The molecule has 1 saturated heterocycles. The average molecular weight is 275 g/mol. The van der Waals surface area contributed by atoms with Crippen LogP contribution in [0.2, 0.25) is 0 Å². The average Bonchev–Trinajstić information content (AvgIpc) is 2.65. The van der Waals surface area contributed by atoms with E-state index >= 15 is 0 Å². The second-order valence-corrected chi connectivity index (χ2v) is 5.66. The van der Waals surface area contributed by atoms with E-state index in [2.05, 4.69) is 19.1 Å². The molecule has 110 valence electrons. The fourth-order valence-electron chi connectivity index (χ4n) is 2.74. The molecule has 1 fully saturated rings. The highest BCUT2D eigenvalue weighted by molar-refractivity contribution is 5.76. The standard InChI is InChI=1S/C17H25NO2/c1-2-6-14-8-10-15(11-9-14)16(19)13-18-12-5-3-4-7-17(18)20/h8-11,16,19H,2-7,12-13H2,1H3. The number of nitrogens with zero attached hydrogens (tertiary/aromatic N) is 1. The van der Waals surface area contributed by atoms with Gasteiger partial charge in [-0.25, -0.2) is 0 Å². The molecule has 1 unspecified atom stereocenters. The Morgan fingerprint density at radius 2 is 1.95 bits per heavy atom. The van der Waals surface area contributed by atoms with Gasteiger partial charge in [-0.15, -0.1) is 0 Å². The normalized spacial score (nSPS) is 17.9. The molecule has 1 aliphatic rings. The van der Waals surface area contributed by atoms with E-state index in [1.807, 2.05) is 17.0 Å². The van der Waals surface area contributed by atoms with Gasteiger partial charge in [0.15, 0.2) is 0 Å². The van der Waals surface area contributed by atoms with Crippen molar-refractivity contribution in [2.24, 2.45) is 0 Å². The van der Waals surface area contributed by atoms with Crippen LogP contribution in [0.3, 0.4) is 0 Å². The fraction of sp³-hybridized carbons (Fsp3) is 0.588. The van der Waals surface area contributed by atoms with Crippen LogP contribution in [0.15, 0.2) is 24.3 Å². The topological polar surface area (TPSA) is 40.5 Å². The van der Waals surface area contributed by atoms with Crippen molar-refractivity contribution in [3.05, 3.63) is 35.4 Å². The summed E-state index contributed by atoms with van der Waals surface area (Å²) in [5.74, 6) is 0.184. The van der Waals surface area contributed by atoms with E-state index in [9.17, 15) is 9.90 Å². The van der Waals surface area contributed by atoms with E-state index < -0.39 is 6.10 Å². The van der Waals surface area contributed by atoms with Gasteiger partial charge >= 0.3 is 0 Å². The van der Waals surface area contributed by atoms with Crippen molar-refractivity contribution in [3.8, 4) is 0 Å². The Bertz CT molecular complexity index is 427. The SMILES string of the molecule is CCCc1ccc(C(O)CN2CCCCCC2=O)cc1. The molecule has 2 rings (SSSR count). The maximum atomic E-state index is 11.9. The smallest absolute Gasteiger partial charge is 0.222 e. The maximum Gasteiger partial charge on any atom is 0.222 e. The van der Waals surface area contributed by atoms with Crippen LogP contribution in [0.4, 0.5) is 0 Å². The summed E-state index contributed by atoms with van der Waals surface area (Å²) in [5.41, 5.74) is 2.20. The summed E-state index contributed by atoms with van der Waals surface area (Å²) in [6.45, 7) is 3.36. The van der Waals surface area contributed by atoms with E-state index in [4.69, 9.17) is 0 Å². The summed E-state index contributed by atoms with van der Waals surface area (Å²) < 4.78 is 0. The molecule has 1 N–H and O–H groups in total. The van der Waals surface area contributed by atoms with Crippen LogP contribution in [-0.4, -0.2) is 29.0 Å². The maximum absolute atomic E-state index is 11.9. The Morgan fingerprint density at radius 3 is 2.65 bits per heavy atom. The lowest BCUT2D eigenvalue weighted by molar-refractivity contribution is -0.132. The van der Waals surface area contributed by atoms with Crippen molar-refractivity contribution >= 4 is 5.91 Å². The van der Waals surface area contributed by atoms with Crippen LogP contribution in [0.5, 0.6) is 0 Å².